The van der Waals surface area contributed by atoms with Gasteiger partial charge in [0.2, 0.25) is 0 Å². The largest absolute Gasteiger partial charge is 0.398 e. The van der Waals surface area contributed by atoms with E-state index >= 15 is 0 Å². The lowest BCUT2D eigenvalue weighted by atomic mass is 9.86. The maximum atomic E-state index is 13.1. The SMILES string of the molecule is Nc1cc(F)ccc1S(=O)C1CCOC2(CCOCC2)C1. The molecule has 1 spiro atoms. The molecule has 2 unspecified atom stereocenters. The molecule has 4 nitrogen and oxygen atoms in total. The number of hydrogen-bond donors (Lipinski definition) is 1. The van der Waals surface area contributed by atoms with Crippen LogP contribution < -0.4 is 5.73 Å². The number of nitrogens with two attached hydrogens (primary N) is 1. The predicted octanol–water partition coefficient (Wildman–Crippen LogP) is 2.24. The second-order valence-corrected chi connectivity index (χ2v) is 7.44. The zero-order valence-corrected chi connectivity index (χ0v) is 12.7. The molecule has 2 atom stereocenters. The van der Waals surface area contributed by atoms with Crippen LogP contribution in [0.5, 0.6) is 0 Å². The van der Waals surface area contributed by atoms with Crippen LogP contribution in [-0.4, -0.2) is 34.9 Å². The Morgan fingerprint density at radius 3 is 2.76 bits per heavy atom. The fourth-order valence-corrected chi connectivity index (χ4v) is 4.76. The molecule has 1 aromatic carbocycles. The van der Waals surface area contributed by atoms with Crippen molar-refractivity contribution in [2.45, 2.75) is 41.4 Å². The fourth-order valence-electron chi connectivity index (χ4n) is 3.14. The van der Waals surface area contributed by atoms with E-state index in [2.05, 4.69) is 0 Å². The summed E-state index contributed by atoms with van der Waals surface area (Å²) in [7, 11) is -1.23. The van der Waals surface area contributed by atoms with Crippen LogP contribution >= 0.6 is 0 Å². The molecular formula is C15H20FNO3S. The summed E-state index contributed by atoms with van der Waals surface area (Å²) in [6.45, 7) is 1.99. The van der Waals surface area contributed by atoms with Crippen LogP contribution in [0.15, 0.2) is 23.1 Å². The summed E-state index contributed by atoms with van der Waals surface area (Å²) < 4.78 is 37.3. The van der Waals surface area contributed by atoms with E-state index in [0.717, 1.165) is 25.7 Å². The Labute approximate surface area is 126 Å². The molecule has 2 saturated heterocycles. The minimum absolute atomic E-state index is 0.00427. The number of halogens is 1. The molecule has 0 amide bonds. The van der Waals surface area contributed by atoms with Crippen LogP contribution in [0.25, 0.3) is 0 Å². The highest BCUT2D eigenvalue weighted by atomic mass is 32.2. The molecule has 21 heavy (non-hydrogen) atoms. The Kier molecular flexibility index (Phi) is 4.28. The maximum absolute atomic E-state index is 13.1. The normalized spacial score (nSPS) is 26.6. The molecule has 2 aliphatic rings. The molecule has 0 radical (unpaired) electrons. The summed E-state index contributed by atoms with van der Waals surface area (Å²) in [6.07, 6.45) is 3.19. The van der Waals surface area contributed by atoms with E-state index < -0.39 is 16.6 Å². The molecule has 116 valence electrons. The van der Waals surface area contributed by atoms with Crippen molar-refractivity contribution >= 4 is 16.5 Å². The zero-order valence-electron chi connectivity index (χ0n) is 11.8. The van der Waals surface area contributed by atoms with Gasteiger partial charge >= 0.3 is 0 Å². The molecule has 0 aliphatic carbocycles. The van der Waals surface area contributed by atoms with Gasteiger partial charge in [-0.3, -0.25) is 4.21 Å². The van der Waals surface area contributed by atoms with Crippen LogP contribution in [0.2, 0.25) is 0 Å². The quantitative estimate of drug-likeness (QED) is 0.851. The van der Waals surface area contributed by atoms with Crippen molar-refractivity contribution in [3.63, 3.8) is 0 Å². The third kappa shape index (κ3) is 3.12. The standard InChI is InChI=1S/C15H20FNO3S/c16-11-1-2-14(13(17)9-11)21(18)12-3-6-20-15(10-12)4-7-19-8-5-15/h1-2,9,12H,3-8,10,17H2. The topological polar surface area (TPSA) is 61.6 Å². The van der Waals surface area contributed by atoms with Gasteiger partial charge in [0, 0.05) is 25.1 Å². The van der Waals surface area contributed by atoms with E-state index in [1.165, 1.54) is 18.2 Å². The van der Waals surface area contributed by atoms with Crippen molar-refractivity contribution in [3.05, 3.63) is 24.0 Å². The molecule has 2 heterocycles. The van der Waals surface area contributed by atoms with Gasteiger partial charge in [-0.25, -0.2) is 4.39 Å². The van der Waals surface area contributed by atoms with E-state index in [-0.39, 0.29) is 16.5 Å². The average molecular weight is 313 g/mol. The second-order valence-electron chi connectivity index (χ2n) is 5.74. The molecule has 3 rings (SSSR count). The molecule has 6 heteroatoms. The highest BCUT2D eigenvalue weighted by molar-refractivity contribution is 7.85. The predicted molar refractivity (Wildman–Crippen MR) is 79.0 cm³/mol. The number of ether oxygens (including phenoxy) is 2. The van der Waals surface area contributed by atoms with E-state index in [9.17, 15) is 8.60 Å². The summed E-state index contributed by atoms with van der Waals surface area (Å²) in [6, 6.07) is 4.08. The smallest absolute Gasteiger partial charge is 0.125 e. The first-order valence-corrected chi connectivity index (χ1v) is 8.48. The van der Waals surface area contributed by atoms with Gasteiger partial charge in [-0.1, -0.05) is 0 Å². The Hall–Kier alpha value is -0.980. The molecule has 0 saturated carbocycles. The summed E-state index contributed by atoms with van der Waals surface area (Å²) >= 11 is 0. The maximum Gasteiger partial charge on any atom is 0.125 e. The van der Waals surface area contributed by atoms with E-state index in [1.54, 1.807) is 0 Å². The van der Waals surface area contributed by atoms with E-state index in [1.807, 2.05) is 0 Å². The van der Waals surface area contributed by atoms with Crippen molar-refractivity contribution < 1.29 is 18.1 Å². The summed E-state index contributed by atoms with van der Waals surface area (Å²) in [5.41, 5.74) is 5.88. The molecule has 0 bridgehead atoms. The van der Waals surface area contributed by atoms with E-state index in [0.29, 0.717) is 24.7 Å². The van der Waals surface area contributed by atoms with Gasteiger partial charge in [0.15, 0.2) is 0 Å². The van der Waals surface area contributed by atoms with Gasteiger partial charge in [-0.2, -0.15) is 0 Å². The Balaban J connectivity index is 1.77. The molecular weight excluding hydrogens is 293 g/mol. The van der Waals surface area contributed by atoms with Gasteiger partial charge in [0.1, 0.15) is 5.82 Å². The first-order chi connectivity index (χ1) is 10.1. The van der Waals surface area contributed by atoms with Crippen LogP contribution in [0.4, 0.5) is 10.1 Å². The van der Waals surface area contributed by atoms with Gasteiger partial charge < -0.3 is 15.2 Å². The number of hydrogen-bond acceptors (Lipinski definition) is 4. The lowest BCUT2D eigenvalue weighted by Crippen LogP contribution is -2.47. The van der Waals surface area contributed by atoms with Gasteiger partial charge in [0.25, 0.3) is 0 Å². The minimum Gasteiger partial charge on any atom is -0.398 e. The van der Waals surface area contributed by atoms with Crippen molar-refractivity contribution in [2.24, 2.45) is 0 Å². The van der Waals surface area contributed by atoms with Crippen molar-refractivity contribution in [3.8, 4) is 0 Å². The first-order valence-electron chi connectivity index (χ1n) is 7.27. The van der Waals surface area contributed by atoms with Crippen molar-refractivity contribution in [2.75, 3.05) is 25.6 Å². The highest BCUT2D eigenvalue weighted by Crippen LogP contribution is 2.37. The Morgan fingerprint density at radius 2 is 2.05 bits per heavy atom. The van der Waals surface area contributed by atoms with Gasteiger partial charge in [-0.05, 0) is 43.9 Å². The summed E-state index contributed by atoms with van der Waals surface area (Å²) in [5, 5.41) is 0.00427. The molecule has 2 aliphatic heterocycles. The van der Waals surface area contributed by atoms with Crippen molar-refractivity contribution in [1.29, 1.82) is 0 Å². The first kappa shape index (κ1) is 14.9. The third-order valence-corrected chi connectivity index (χ3v) is 6.16. The van der Waals surface area contributed by atoms with Crippen LogP contribution in [-0.2, 0) is 20.3 Å². The minimum atomic E-state index is -1.23. The molecule has 2 N–H and O–H groups in total. The molecule has 1 aromatic rings. The monoisotopic (exact) mass is 313 g/mol. The number of rotatable bonds is 2. The van der Waals surface area contributed by atoms with E-state index in [4.69, 9.17) is 15.2 Å². The van der Waals surface area contributed by atoms with Crippen LogP contribution in [0.3, 0.4) is 0 Å². The second kappa shape index (κ2) is 6.02. The number of benzene rings is 1. The van der Waals surface area contributed by atoms with Crippen LogP contribution in [0, 0.1) is 5.82 Å². The van der Waals surface area contributed by atoms with Crippen LogP contribution in [0.1, 0.15) is 25.7 Å². The highest BCUT2D eigenvalue weighted by Gasteiger charge is 2.41. The Bertz CT molecular complexity index is 540. The lowest BCUT2D eigenvalue weighted by Gasteiger charge is -2.43. The third-order valence-electron chi connectivity index (χ3n) is 4.34. The van der Waals surface area contributed by atoms with Gasteiger partial charge in [0.05, 0.1) is 27.0 Å². The molecule has 0 aromatic heterocycles. The summed E-state index contributed by atoms with van der Waals surface area (Å²) in [5.74, 6) is -0.402. The summed E-state index contributed by atoms with van der Waals surface area (Å²) in [4.78, 5) is 0.533. The lowest BCUT2D eigenvalue weighted by molar-refractivity contribution is -0.131. The Morgan fingerprint density at radius 1 is 1.29 bits per heavy atom. The zero-order chi connectivity index (χ0) is 14.9. The van der Waals surface area contributed by atoms with Crippen molar-refractivity contribution in [1.82, 2.24) is 0 Å². The van der Waals surface area contributed by atoms with Gasteiger partial charge in [-0.15, -0.1) is 0 Å². The average Bonchev–Trinajstić information content (AvgIpc) is 2.47. The fraction of sp³-hybridized carbons (Fsp3) is 0.600. The number of anilines is 1. The number of nitrogen functional groups attached to an aromatic ring is 1. The molecule has 2 fully saturated rings.